The first-order chi connectivity index (χ1) is 14.8. The number of halogens is 1. The Labute approximate surface area is 179 Å². The van der Waals surface area contributed by atoms with E-state index in [0.717, 1.165) is 5.57 Å². The molecule has 0 saturated carbocycles. The Bertz CT molecular complexity index is 1080. The summed E-state index contributed by atoms with van der Waals surface area (Å²) >= 11 is 0. The van der Waals surface area contributed by atoms with Crippen LogP contribution in [0.5, 0.6) is 5.75 Å². The van der Waals surface area contributed by atoms with E-state index in [-0.39, 0.29) is 24.7 Å². The van der Waals surface area contributed by atoms with Crippen molar-refractivity contribution in [3.05, 3.63) is 59.2 Å². The van der Waals surface area contributed by atoms with Crippen LogP contribution in [0.3, 0.4) is 0 Å². The van der Waals surface area contributed by atoms with E-state index >= 15 is 4.39 Å². The minimum Gasteiger partial charge on any atom is -0.476 e. The minimum atomic E-state index is -1.06. The first-order valence-corrected chi connectivity index (χ1v) is 9.86. The second kappa shape index (κ2) is 8.09. The Balaban J connectivity index is 1.50. The van der Waals surface area contributed by atoms with Crippen molar-refractivity contribution in [2.75, 3.05) is 25.5 Å². The number of benzene rings is 1. The van der Waals surface area contributed by atoms with Gasteiger partial charge in [0.1, 0.15) is 17.1 Å². The lowest BCUT2D eigenvalue weighted by atomic mass is 10.0. The van der Waals surface area contributed by atoms with Gasteiger partial charge >= 0.3 is 0 Å². The fraction of sp³-hybridized carbons (Fsp3) is 0.318. The number of pyridine rings is 1. The van der Waals surface area contributed by atoms with E-state index in [2.05, 4.69) is 15.6 Å². The molecule has 0 saturated heterocycles. The van der Waals surface area contributed by atoms with Crippen LogP contribution in [-0.4, -0.2) is 47.7 Å². The number of carbonyl (C=O) groups is 2. The van der Waals surface area contributed by atoms with Crippen LogP contribution in [0.1, 0.15) is 35.5 Å². The van der Waals surface area contributed by atoms with Crippen molar-refractivity contribution in [2.24, 2.45) is 0 Å². The fourth-order valence-corrected chi connectivity index (χ4v) is 3.45. The predicted octanol–water partition coefficient (Wildman–Crippen LogP) is 2.52. The van der Waals surface area contributed by atoms with E-state index in [1.165, 1.54) is 0 Å². The molecule has 9 heteroatoms. The third-order valence-corrected chi connectivity index (χ3v) is 5.22. The Kier molecular flexibility index (Phi) is 5.47. The number of ether oxygens (including phenoxy) is 1. The van der Waals surface area contributed by atoms with Gasteiger partial charge in [-0.2, -0.15) is 5.06 Å². The number of hydrogen-bond acceptors (Lipinski definition) is 6. The van der Waals surface area contributed by atoms with Crippen molar-refractivity contribution in [3.8, 4) is 5.75 Å². The third-order valence-electron chi connectivity index (χ3n) is 5.22. The van der Waals surface area contributed by atoms with E-state index in [1.807, 2.05) is 12.1 Å². The Morgan fingerprint density at radius 3 is 2.87 bits per heavy atom. The van der Waals surface area contributed by atoms with Crippen molar-refractivity contribution in [1.29, 1.82) is 0 Å². The lowest BCUT2D eigenvalue weighted by molar-refractivity contribution is -0.151. The molecule has 162 valence electrons. The number of rotatable bonds is 4. The smallest absolute Gasteiger partial charge is 0.270 e. The van der Waals surface area contributed by atoms with Crippen molar-refractivity contribution >= 4 is 23.1 Å². The zero-order chi connectivity index (χ0) is 22.2. The number of amides is 2. The molecule has 0 aliphatic carbocycles. The summed E-state index contributed by atoms with van der Waals surface area (Å²) < 4.78 is 20.6. The van der Waals surface area contributed by atoms with E-state index in [0.29, 0.717) is 29.1 Å². The molecule has 0 radical (unpaired) electrons. The molecule has 0 fully saturated rings. The molecule has 2 aromatic rings. The van der Waals surface area contributed by atoms with E-state index in [1.54, 1.807) is 50.4 Å². The van der Waals surface area contributed by atoms with Crippen molar-refractivity contribution in [1.82, 2.24) is 15.4 Å². The highest BCUT2D eigenvalue weighted by molar-refractivity contribution is 6.00. The molecule has 0 bridgehead atoms. The highest BCUT2D eigenvalue weighted by Gasteiger charge is 2.37. The molecule has 2 aliphatic heterocycles. The van der Waals surface area contributed by atoms with Crippen molar-refractivity contribution in [2.45, 2.75) is 26.0 Å². The van der Waals surface area contributed by atoms with Crippen LogP contribution in [0.15, 0.2) is 36.5 Å². The standard InChI is InChI=1S/C22H23FN4O4/c1-22(2)21(29)26-19-16(31-22)7-6-13(17(19)23)11-27-10-8-14(12-30-27)15-5-4-9-25-18(15)20(28)24-3/h4-9H,10-12H2,1-3H3,(H,24,28)(H,26,29). The SMILES string of the molecule is CNC(=O)c1ncccc1C1=CCN(Cc2ccc3c(c2F)NC(=O)C(C)(C)O3)OC1. The molecule has 2 amide bonds. The molecule has 3 heterocycles. The maximum absolute atomic E-state index is 15.0. The highest BCUT2D eigenvalue weighted by Crippen LogP contribution is 2.37. The molecule has 1 aromatic heterocycles. The molecular weight excluding hydrogens is 403 g/mol. The average Bonchev–Trinajstić information content (AvgIpc) is 2.77. The van der Waals surface area contributed by atoms with Gasteiger partial charge in [-0.3, -0.25) is 19.4 Å². The van der Waals surface area contributed by atoms with Crippen LogP contribution in [-0.2, 0) is 16.2 Å². The van der Waals surface area contributed by atoms with Crippen molar-refractivity contribution < 1.29 is 23.6 Å². The maximum Gasteiger partial charge on any atom is 0.270 e. The molecule has 2 N–H and O–H groups in total. The lowest BCUT2D eigenvalue weighted by Gasteiger charge is -2.32. The number of hydroxylamine groups is 2. The van der Waals surface area contributed by atoms with Gasteiger partial charge in [0.05, 0.1) is 13.2 Å². The molecule has 2 aliphatic rings. The molecule has 0 unspecified atom stereocenters. The number of anilines is 1. The fourth-order valence-electron chi connectivity index (χ4n) is 3.45. The molecule has 8 nitrogen and oxygen atoms in total. The second-order valence-corrected chi connectivity index (χ2v) is 7.78. The summed E-state index contributed by atoms with van der Waals surface area (Å²) in [4.78, 5) is 34.1. The minimum absolute atomic E-state index is 0.0423. The number of hydrogen-bond donors (Lipinski definition) is 2. The van der Waals surface area contributed by atoms with Crippen LogP contribution >= 0.6 is 0 Å². The van der Waals surface area contributed by atoms with Gasteiger partial charge in [0.2, 0.25) is 0 Å². The number of aromatic nitrogens is 1. The zero-order valence-corrected chi connectivity index (χ0v) is 17.5. The lowest BCUT2D eigenvalue weighted by Crippen LogP contribution is -2.46. The normalized spacial score (nSPS) is 17.8. The number of carbonyl (C=O) groups excluding carboxylic acids is 2. The predicted molar refractivity (Wildman–Crippen MR) is 112 cm³/mol. The second-order valence-electron chi connectivity index (χ2n) is 7.78. The van der Waals surface area contributed by atoms with Crippen LogP contribution in [0.4, 0.5) is 10.1 Å². The summed E-state index contributed by atoms with van der Waals surface area (Å²) in [5.74, 6) is -0.927. The first kappa shape index (κ1) is 21.0. The quantitative estimate of drug-likeness (QED) is 0.781. The molecule has 31 heavy (non-hydrogen) atoms. The van der Waals surface area contributed by atoms with Crippen molar-refractivity contribution in [3.63, 3.8) is 0 Å². The van der Waals surface area contributed by atoms with Crippen LogP contribution in [0.25, 0.3) is 5.57 Å². The highest BCUT2D eigenvalue weighted by atomic mass is 19.1. The van der Waals surface area contributed by atoms with Gasteiger partial charge in [-0.1, -0.05) is 18.2 Å². The third kappa shape index (κ3) is 4.01. The van der Waals surface area contributed by atoms with E-state index < -0.39 is 17.3 Å². The molecule has 0 atom stereocenters. The van der Waals surface area contributed by atoms with Gasteiger partial charge in [-0.25, -0.2) is 4.39 Å². The van der Waals surface area contributed by atoms with Crippen LogP contribution in [0.2, 0.25) is 0 Å². The summed E-state index contributed by atoms with van der Waals surface area (Å²) in [6.07, 6.45) is 3.49. The van der Waals surface area contributed by atoms with Gasteiger partial charge in [-0.15, -0.1) is 0 Å². The Morgan fingerprint density at radius 1 is 1.35 bits per heavy atom. The molecule has 1 aromatic carbocycles. The van der Waals surface area contributed by atoms with Gasteiger partial charge < -0.3 is 15.4 Å². The average molecular weight is 426 g/mol. The largest absolute Gasteiger partial charge is 0.476 e. The summed E-state index contributed by atoms with van der Waals surface area (Å²) in [5, 5.41) is 6.78. The van der Waals surface area contributed by atoms with Gasteiger partial charge in [0, 0.05) is 30.9 Å². The number of fused-ring (bicyclic) bond motifs is 1. The Morgan fingerprint density at radius 2 is 2.16 bits per heavy atom. The number of nitrogens with one attached hydrogen (secondary N) is 2. The van der Waals surface area contributed by atoms with Crippen LogP contribution < -0.4 is 15.4 Å². The number of nitrogens with zero attached hydrogens (tertiary/aromatic N) is 2. The summed E-state index contributed by atoms with van der Waals surface area (Å²) in [6, 6.07) is 6.84. The van der Waals surface area contributed by atoms with E-state index in [4.69, 9.17) is 9.57 Å². The Hall–Kier alpha value is -3.30. The molecule has 4 rings (SSSR count). The van der Waals surface area contributed by atoms with Gasteiger partial charge in [-0.05, 0) is 31.6 Å². The summed E-state index contributed by atoms with van der Waals surface area (Å²) in [6.45, 7) is 4.04. The summed E-state index contributed by atoms with van der Waals surface area (Å²) in [5.41, 5.74) is 1.21. The van der Waals surface area contributed by atoms with Crippen LogP contribution in [0, 0.1) is 5.82 Å². The summed E-state index contributed by atoms with van der Waals surface area (Å²) in [7, 11) is 1.55. The van der Waals surface area contributed by atoms with Gasteiger partial charge in [0.25, 0.3) is 11.8 Å². The topological polar surface area (TPSA) is 92.8 Å². The van der Waals surface area contributed by atoms with Gasteiger partial charge in [0.15, 0.2) is 11.4 Å². The monoisotopic (exact) mass is 426 g/mol. The molecular formula is C22H23FN4O4. The van der Waals surface area contributed by atoms with E-state index in [9.17, 15) is 9.59 Å². The zero-order valence-electron chi connectivity index (χ0n) is 17.5. The maximum atomic E-state index is 15.0. The molecule has 0 spiro atoms. The first-order valence-electron chi connectivity index (χ1n) is 9.86.